The molecule has 0 aliphatic carbocycles. The highest BCUT2D eigenvalue weighted by Crippen LogP contribution is 2.25. The van der Waals surface area contributed by atoms with Crippen molar-refractivity contribution in [1.82, 2.24) is 34.8 Å². The molecule has 30 heavy (non-hydrogen) atoms. The van der Waals surface area contributed by atoms with Crippen molar-refractivity contribution >= 4 is 5.91 Å². The van der Waals surface area contributed by atoms with Gasteiger partial charge in [-0.1, -0.05) is 30.3 Å². The number of carbonyl (C=O) groups is 1. The van der Waals surface area contributed by atoms with Crippen LogP contribution in [0.3, 0.4) is 0 Å². The van der Waals surface area contributed by atoms with E-state index in [4.69, 9.17) is 0 Å². The Balaban J connectivity index is 1.48. The Labute approximate surface area is 176 Å². The Bertz CT molecular complexity index is 965. The molecule has 0 spiro atoms. The van der Waals surface area contributed by atoms with Crippen LogP contribution >= 0.6 is 0 Å². The number of hydrogen-bond acceptors (Lipinski definition) is 5. The first-order valence-corrected chi connectivity index (χ1v) is 10.5. The highest BCUT2D eigenvalue weighted by atomic mass is 16.2. The van der Waals surface area contributed by atoms with E-state index in [9.17, 15) is 4.79 Å². The second-order valence-electron chi connectivity index (χ2n) is 7.97. The van der Waals surface area contributed by atoms with Crippen molar-refractivity contribution in [2.45, 2.75) is 45.8 Å². The first-order valence-electron chi connectivity index (χ1n) is 10.5. The van der Waals surface area contributed by atoms with Gasteiger partial charge in [0.2, 0.25) is 5.91 Å². The van der Waals surface area contributed by atoms with E-state index in [0.717, 1.165) is 43.3 Å². The molecule has 3 heterocycles. The Morgan fingerprint density at radius 3 is 2.73 bits per heavy atom. The van der Waals surface area contributed by atoms with Crippen molar-refractivity contribution in [3.05, 3.63) is 65.5 Å². The molecular weight excluding hydrogens is 378 g/mol. The summed E-state index contributed by atoms with van der Waals surface area (Å²) < 4.78 is 1.84. The predicted molar refractivity (Wildman–Crippen MR) is 113 cm³/mol. The van der Waals surface area contributed by atoms with Gasteiger partial charge in [0, 0.05) is 45.3 Å². The minimum Gasteiger partial charge on any atom is -0.341 e. The van der Waals surface area contributed by atoms with Gasteiger partial charge in [0.05, 0.1) is 12.2 Å². The zero-order valence-electron chi connectivity index (χ0n) is 17.7. The number of hydrogen-bond donors (Lipinski definition) is 1. The summed E-state index contributed by atoms with van der Waals surface area (Å²) in [5.41, 5.74) is 2.36. The molecule has 158 valence electrons. The first-order chi connectivity index (χ1) is 14.6. The molecular formula is C22H29N7O. The summed E-state index contributed by atoms with van der Waals surface area (Å²) in [6, 6.07) is 10.4. The maximum Gasteiger partial charge on any atom is 0.224 e. The van der Waals surface area contributed by atoms with Crippen molar-refractivity contribution in [3.63, 3.8) is 0 Å². The van der Waals surface area contributed by atoms with Crippen LogP contribution in [0.5, 0.6) is 0 Å². The number of aryl methyl sites for hydroxylation is 3. The zero-order chi connectivity index (χ0) is 20.9. The molecule has 1 saturated heterocycles. The predicted octanol–water partition coefficient (Wildman–Crippen LogP) is 2.48. The van der Waals surface area contributed by atoms with Crippen LogP contribution in [-0.4, -0.2) is 60.3 Å². The maximum absolute atomic E-state index is 13.0. The number of H-pyrrole nitrogens is 1. The molecule has 0 radical (unpaired) electrons. The lowest BCUT2D eigenvalue weighted by atomic mass is 10.1. The van der Waals surface area contributed by atoms with Crippen molar-refractivity contribution < 1.29 is 4.79 Å². The SMILES string of the molecule is Cc1cnn(CCC(=O)N2CCCN(Cc3ccccc3)C(c3n[nH]c(C)n3)C2)c1. The fourth-order valence-electron chi connectivity index (χ4n) is 3.98. The third-order valence-corrected chi connectivity index (χ3v) is 5.52. The van der Waals surface area contributed by atoms with Gasteiger partial charge in [0.15, 0.2) is 5.82 Å². The second kappa shape index (κ2) is 9.21. The van der Waals surface area contributed by atoms with Crippen LogP contribution in [0.25, 0.3) is 0 Å². The molecule has 2 aromatic heterocycles. The Morgan fingerprint density at radius 2 is 2.03 bits per heavy atom. The summed E-state index contributed by atoms with van der Waals surface area (Å²) in [4.78, 5) is 22.0. The molecule has 1 aliphatic heterocycles. The number of amides is 1. The smallest absolute Gasteiger partial charge is 0.224 e. The number of carbonyl (C=O) groups excluding carboxylic acids is 1. The van der Waals surface area contributed by atoms with E-state index in [1.54, 1.807) is 0 Å². The van der Waals surface area contributed by atoms with Gasteiger partial charge in [-0.15, -0.1) is 0 Å². The highest BCUT2D eigenvalue weighted by Gasteiger charge is 2.31. The van der Waals surface area contributed by atoms with Gasteiger partial charge in [0.1, 0.15) is 5.82 Å². The molecule has 1 atom stereocenters. The summed E-state index contributed by atoms with van der Waals surface area (Å²) in [5.74, 6) is 1.70. The molecule has 8 nitrogen and oxygen atoms in total. The van der Waals surface area contributed by atoms with Gasteiger partial charge < -0.3 is 4.90 Å². The van der Waals surface area contributed by atoms with Crippen molar-refractivity contribution in [1.29, 1.82) is 0 Å². The van der Waals surface area contributed by atoms with Crippen LogP contribution in [0.2, 0.25) is 0 Å². The highest BCUT2D eigenvalue weighted by molar-refractivity contribution is 5.76. The van der Waals surface area contributed by atoms with Gasteiger partial charge in [-0.25, -0.2) is 4.98 Å². The van der Waals surface area contributed by atoms with Gasteiger partial charge in [-0.3, -0.25) is 19.5 Å². The third kappa shape index (κ3) is 4.94. The van der Waals surface area contributed by atoms with Crippen LogP contribution in [0.1, 0.15) is 41.7 Å². The monoisotopic (exact) mass is 407 g/mol. The van der Waals surface area contributed by atoms with E-state index in [2.05, 4.69) is 49.4 Å². The van der Waals surface area contributed by atoms with Gasteiger partial charge in [-0.05, 0) is 31.4 Å². The first kappa shape index (κ1) is 20.3. The molecule has 0 saturated carbocycles. The Kier molecular flexibility index (Phi) is 6.23. The van der Waals surface area contributed by atoms with Gasteiger partial charge in [-0.2, -0.15) is 10.2 Å². The second-order valence-corrected chi connectivity index (χ2v) is 7.97. The number of nitrogens with one attached hydrogen (secondary N) is 1. The summed E-state index contributed by atoms with van der Waals surface area (Å²) in [6.45, 7) is 7.57. The Hall–Kier alpha value is -3.00. The fraction of sp³-hybridized carbons (Fsp3) is 0.455. The number of aromatic amines is 1. The molecule has 1 N–H and O–H groups in total. The third-order valence-electron chi connectivity index (χ3n) is 5.52. The molecule has 1 aliphatic rings. The maximum atomic E-state index is 13.0. The van der Waals surface area contributed by atoms with Crippen LogP contribution in [0.15, 0.2) is 42.7 Å². The summed E-state index contributed by atoms with van der Waals surface area (Å²) >= 11 is 0. The number of benzene rings is 1. The number of nitrogens with zero attached hydrogens (tertiary/aromatic N) is 6. The van der Waals surface area contributed by atoms with Gasteiger partial charge in [0.25, 0.3) is 0 Å². The van der Waals surface area contributed by atoms with Crippen LogP contribution < -0.4 is 0 Å². The van der Waals surface area contributed by atoms with E-state index in [1.807, 2.05) is 41.9 Å². The normalized spacial score (nSPS) is 17.8. The summed E-state index contributed by atoms with van der Waals surface area (Å²) in [6.07, 6.45) is 5.16. The molecule has 3 aromatic rings. The minimum atomic E-state index is -0.0337. The molecule has 4 rings (SSSR count). The molecule has 1 fully saturated rings. The van der Waals surface area contributed by atoms with E-state index < -0.39 is 0 Å². The van der Waals surface area contributed by atoms with Crippen molar-refractivity contribution in [3.8, 4) is 0 Å². The average molecular weight is 408 g/mol. The molecule has 1 aromatic carbocycles. The Morgan fingerprint density at radius 1 is 1.20 bits per heavy atom. The van der Waals surface area contributed by atoms with E-state index >= 15 is 0 Å². The lowest BCUT2D eigenvalue weighted by Gasteiger charge is -2.30. The van der Waals surface area contributed by atoms with Crippen molar-refractivity contribution in [2.24, 2.45) is 0 Å². The van der Waals surface area contributed by atoms with E-state index in [-0.39, 0.29) is 11.9 Å². The number of aromatic nitrogens is 5. The van der Waals surface area contributed by atoms with Crippen LogP contribution in [-0.2, 0) is 17.9 Å². The van der Waals surface area contributed by atoms with Crippen molar-refractivity contribution in [2.75, 3.05) is 19.6 Å². The van der Waals surface area contributed by atoms with Gasteiger partial charge >= 0.3 is 0 Å². The number of rotatable bonds is 6. The zero-order valence-corrected chi connectivity index (χ0v) is 17.7. The largest absolute Gasteiger partial charge is 0.341 e. The fourth-order valence-corrected chi connectivity index (χ4v) is 3.98. The molecule has 8 heteroatoms. The van der Waals surface area contributed by atoms with E-state index in [1.165, 1.54) is 5.56 Å². The topological polar surface area (TPSA) is 82.9 Å². The summed E-state index contributed by atoms with van der Waals surface area (Å²) in [7, 11) is 0. The molecule has 1 unspecified atom stereocenters. The average Bonchev–Trinajstić information content (AvgIpc) is 3.30. The lowest BCUT2D eigenvalue weighted by molar-refractivity contribution is -0.131. The minimum absolute atomic E-state index is 0.0337. The van der Waals surface area contributed by atoms with Crippen LogP contribution in [0.4, 0.5) is 0 Å². The molecule has 1 amide bonds. The quantitative estimate of drug-likeness (QED) is 0.679. The molecule has 0 bridgehead atoms. The van der Waals surface area contributed by atoms with E-state index in [0.29, 0.717) is 19.5 Å². The lowest BCUT2D eigenvalue weighted by Crippen LogP contribution is -2.38. The summed E-state index contributed by atoms with van der Waals surface area (Å²) in [5, 5.41) is 11.7. The standard InChI is InChI=1S/C22H29N7O/c1-17-13-23-29(14-17)12-9-21(30)28-11-6-10-27(15-19-7-4-3-5-8-19)20(16-28)22-24-18(2)25-26-22/h3-5,7-8,13-14,20H,6,9-12,15-16H2,1-2H3,(H,24,25,26). The van der Waals surface area contributed by atoms with Crippen LogP contribution in [0, 0.1) is 13.8 Å².